The predicted molar refractivity (Wildman–Crippen MR) is 83.5 cm³/mol. The van der Waals surface area contributed by atoms with E-state index in [0.29, 0.717) is 5.56 Å². The molecule has 0 saturated heterocycles. The molecule has 6 nitrogen and oxygen atoms in total. The molecule has 1 aromatic carbocycles. The fraction of sp³-hybridized carbons (Fsp3) is 0.200. The van der Waals surface area contributed by atoms with Gasteiger partial charge in [0.05, 0.1) is 12.2 Å². The van der Waals surface area contributed by atoms with Gasteiger partial charge in [0, 0.05) is 10.6 Å². The molecule has 1 aromatic heterocycles. The molecular weight excluding hydrogens is 302 g/mol. The van der Waals surface area contributed by atoms with Gasteiger partial charge < -0.3 is 10.1 Å². The largest absolute Gasteiger partial charge is 0.449 e. The van der Waals surface area contributed by atoms with Crippen molar-refractivity contribution < 1.29 is 14.3 Å². The second-order valence-electron chi connectivity index (χ2n) is 4.62. The van der Waals surface area contributed by atoms with Crippen molar-refractivity contribution in [1.29, 1.82) is 0 Å². The average molecular weight is 317 g/mol. The molecule has 0 fully saturated rings. The van der Waals surface area contributed by atoms with Crippen LogP contribution in [0.3, 0.4) is 0 Å². The van der Waals surface area contributed by atoms with E-state index in [9.17, 15) is 9.59 Å². The van der Waals surface area contributed by atoms with Gasteiger partial charge in [-0.15, -0.1) is 11.3 Å². The minimum Gasteiger partial charge on any atom is -0.449 e. The van der Waals surface area contributed by atoms with Crippen LogP contribution in [0.5, 0.6) is 0 Å². The van der Waals surface area contributed by atoms with E-state index in [2.05, 4.69) is 10.7 Å². The van der Waals surface area contributed by atoms with Gasteiger partial charge in [0.1, 0.15) is 0 Å². The quantitative estimate of drug-likeness (QED) is 0.913. The summed E-state index contributed by atoms with van der Waals surface area (Å²) in [5.41, 5.74) is 3.77. The number of nitrogens with one attached hydrogen (secondary N) is 2. The second kappa shape index (κ2) is 6.07. The van der Waals surface area contributed by atoms with Crippen molar-refractivity contribution in [3.8, 4) is 0 Å². The monoisotopic (exact) mass is 317 g/mol. The second-order valence-corrected chi connectivity index (χ2v) is 5.59. The van der Waals surface area contributed by atoms with Gasteiger partial charge in [-0.3, -0.25) is 4.79 Å². The first kappa shape index (κ1) is 14.4. The third kappa shape index (κ3) is 2.62. The highest BCUT2D eigenvalue weighted by molar-refractivity contribution is 7.10. The molecule has 0 unspecified atom stereocenters. The Kier molecular flexibility index (Phi) is 3.97. The summed E-state index contributed by atoms with van der Waals surface area (Å²) < 4.78 is 4.88. The zero-order chi connectivity index (χ0) is 15.5. The normalized spacial score (nSPS) is 16.7. The number of hydrogen-bond acceptors (Lipinski definition) is 5. The molecule has 3 rings (SSSR count). The Hall–Kier alpha value is -2.54. The Bertz CT molecular complexity index is 687. The van der Waals surface area contributed by atoms with Crippen molar-refractivity contribution in [1.82, 2.24) is 10.4 Å². The molecule has 2 heterocycles. The molecule has 1 aliphatic rings. The molecule has 2 aromatic rings. The highest BCUT2D eigenvalue weighted by atomic mass is 32.1. The highest BCUT2D eigenvalue weighted by Crippen LogP contribution is 2.33. The number of carbonyl (C=O) groups excluding carboxylic acids is 2. The van der Waals surface area contributed by atoms with Crippen LogP contribution in [-0.2, 0) is 4.74 Å². The van der Waals surface area contributed by atoms with E-state index < -0.39 is 12.3 Å². The number of carbonyl (C=O) groups is 2. The molecule has 2 amide bonds. The summed E-state index contributed by atoms with van der Waals surface area (Å²) in [7, 11) is 0. The third-order valence-corrected chi connectivity index (χ3v) is 4.15. The van der Waals surface area contributed by atoms with Gasteiger partial charge in [-0.25, -0.2) is 15.2 Å². The van der Waals surface area contributed by atoms with E-state index in [-0.39, 0.29) is 12.5 Å². The predicted octanol–water partition coefficient (Wildman–Crippen LogP) is 2.98. The van der Waals surface area contributed by atoms with Gasteiger partial charge >= 0.3 is 6.09 Å². The third-order valence-electron chi connectivity index (χ3n) is 3.23. The number of hydrazine groups is 1. The molecule has 7 heteroatoms. The van der Waals surface area contributed by atoms with Crippen molar-refractivity contribution in [3.63, 3.8) is 0 Å². The summed E-state index contributed by atoms with van der Waals surface area (Å²) in [4.78, 5) is 25.3. The molecular formula is C15H15N3O3S. The summed E-state index contributed by atoms with van der Waals surface area (Å²) >= 11 is 1.50. The maximum atomic E-state index is 12.7. The van der Waals surface area contributed by atoms with Gasteiger partial charge in [-0.05, 0) is 30.5 Å². The summed E-state index contributed by atoms with van der Waals surface area (Å²) in [6.45, 7) is 1.95. The summed E-state index contributed by atoms with van der Waals surface area (Å²) in [6, 6.07) is 11.0. The van der Waals surface area contributed by atoms with E-state index in [1.807, 2.05) is 29.6 Å². The van der Waals surface area contributed by atoms with Crippen LogP contribution in [0.4, 0.5) is 10.5 Å². The zero-order valence-electron chi connectivity index (χ0n) is 11.9. The van der Waals surface area contributed by atoms with E-state index >= 15 is 0 Å². The van der Waals surface area contributed by atoms with Crippen LogP contribution < -0.4 is 10.7 Å². The van der Waals surface area contributed by atoms with E-state index in [1.54, 1.807) is 19.1 Å². The molecule has 0 bridgehead atoms. The van der Waals surface area contributed by atoms with E-state index in [1.165, 1.54) is 16.3 Å². The Morgan fingerprint density at radius 3 is 2.91 bits per heavy atom. The Morgan fingerprint density at radius 2 is 2.18 bits per heavy atom. The van der Waals surface area contributed by atoms with Crippen molar-refractivity contribution in [2.24, 2.45) is 0 Å². The first-order valence-electron chi connectivity index (χ1n) is 6.86. The lowest BCUT2D eigenvalue weighted by atomic mass is 10.1. The molecule has 0 aliphatic carbocycles. The summed E-state index contributed by atoms with van der Waals surface area (Å²) in [5.74, 6) is -0.277. The number of hydrogen-bond donors (Lipinski definition) is 2. The highest BCUT2D eigenvalue weighted by Gasteiger charge is 2.34. The maximum absolute atomic E-state index is 12.7. The van der Waals surface area contributed by atoms with Crippen molar-refractivity contribution >= 4 is 29.0 Å². The van der Waals surface area contributed by atoms with Crippen LogP contribution in [0.1, 0.15) is 28.3 Å². The summed E-state index contributed by atoms with van der Waals surface area (Å²) in [5, 5.41) is 6.46. The van der Waals surface area contributed by atoms with E-state index in [0.717, 1.165) is 10.6 Å². The van der Waals surface area contributed by atoms with E-state index in [4.69, 9.17) is 4.74 Å². The SMILES string of the molecule is CCOC(=O)NN1C(=O)c2ccccc2N[C@H]1c1cccs1. The molecule has 1 aliphatic heterocycles. The smallest absolute Gasteiger partial charge is 0.426 e. The van der Waals surface area contributed by atoms with Gasteiger partial charge in [-0.2, -0.15) is 0 Å². The lowest BCUT2D eigenvalue weighted by Gasteiger charge is -2.36. The van der Waals surface area contributed by atoms with Crippen molar-refractivity contribution in [2.45, 2.75) is 13.1 Å². The van der Waals surface area contributed by atoms with Gasteiger partial charge in [0.2, 0.25) is 0 Å². The standard InChI is InChI=1S/C15H15N3O3S/c1-2-21-15(20)17-18-13(12-8-5-9-22-12)16-11-7-4-3-6-10(11)14(18)19/h3-9,13,16H,2H2,1H3,(H,17,20)/t13-/m1/s1. The number of benzene rings is 1. The lowest BCUT2D eigenvalue weighted by Crippen LogP contribution is -2.52. The number of amides is 2. The number of thiophene rings is 1. The van der Waals surface area contributed by atoms with Crippen molar-refractivity contribution in [3.05, 3.63) is 52.2 Å². The first-order valence-corrected chi connectivity index (χ1v) is 7.74. The van der Waals surface area contributed by atoms with Crippen LogP contribution in [0.15, 0.2) is 41.8 Å². The van der Waals surface area contributed by atoms with Crippen molar-refractivity contribution in [2.75, 3.05) is 11.9 Å². The molecule has 0 saturated carbocycles. The van der Waals surface area contributed by atoms with Crippen LogP contribution in [0.2, 0.25) is 0 Å². The number of ether oxygens (including phenoxy) is 1. The fourth-order valence-corrected chi connectivity index (χ4v) is 3.04. The number of fused-ring (bicyclic) bond motifs is 1. The van der Waals surface area contributed by atoms with Crippen LogP contribution in [0, 0.1) is 0 Å². The summed E-state index contributed by atoms with van der Waals surface area (Å²) in [6.07, 6.45) is -1.12. The average Bonchev–Trinajstić information content (AvgIpc) is 3.04. The zero-order valence-corrected chi connectivity index (χ0v) is 12.7. The van der Waals surface area contributed by atoms with Gasteiger partial charge in [0.25, 0.3) is 5.91 Å². The lowest BCUT2D eigenvalue weighted by molar-refractivity contribution is 0.0511. The molecule has 114 valence electrons. The topological polar surface area (TPSA) is 70.7 Å². The minimum atomic E-state index is -0.654. The minimum absolute atomic E-state index is 0.238. The molecule has 2 N–H and O–H groups in total. The maximum Gasteiger partial charge on any atom is 0.426 e. The number of nitrogens with zero attached hydrogens (tertiary/aromatic N) is 1. The van der Waals surface area contributed by atoms with Crippen LogP contribution >= 0.6 is 11.3 Å². The molecule has 22 heavy (non-hydrogen) atoms. The molecule has 1 atom stereocenters. The number of anilines is 1. The van der Waals surface area contributed by atoms with Gasteiger partial charge in [0.15, 0.2) is 6.17 Å². The molecule has 0 radical (unpaired) electrons. The van der Waals surface area contributed by atoms with Gasteiger partial charge in [-0.1, -0.05) is 18.2 Å². The Balaban J connectivity index is 1.95. The molecule has 0 spiro atoms. The van der Waals surface area contributed by atoms with Crippen LogP contribution in [0.25, 0.3) is 0 Å². The number of rotatable bonds is 3. The number of para-hydroxylation sites is 1. The Labute approximate surface area is 131 Å². The Morgan fingerprint density at radius 1 is 1.36 bits per heavy atom. The first-order chi connectivity index (χ1) is 10.7. The van der Waals surface area contributed by atoms with Crippen LogP contribution in [-0.4, -0.2) is 23.6 Å². The fourth-order valence-electron chi connectivity index (χ4n) is 2.28.